The molecule has 0 bridgehead atoms. The summed E-state index contributed by atoms with van der Waals surface area (Å²) in [6.45, 7) is 3.50. The molecule has 0 saturated carbocycles. The number of hydrogen-bond donors (Lipinski definition) is 2. The highest BCUT2D eigenvalue weighted by Gasteiger charge is 2.25. The maximum Gasteiger partial charge on any atom is 0.265 e. The van der Waals surface area contributed by atoms with Crippen molar-refractivity contribution in [1.29, 1.82) is 0 Å². The second-order valence-electron chi connectivity index (χ2n) is 5.48. The Kier molecular flexibility index (Phi) is 4.27. The van der Waals surface area contributed by atoms with Crippen LogP contribution in [-0.2, 0) is 14.8 Å². The summed E-state index contributed by atoms with van der Waals surface area (Å²) in [5.41, 5.74) is 1.71. The first kappa shape index (κ1) is 16.8. The van der Waals surface area contributed by atoms with Crippen LogP contribution in [0.4, 0.5) is 11.4 Å². The van der Waals surface area contributed by atoms with Gasteiger partial charge in [-0.3, -0.25) is 9.52 Å². The van der Waals surface area contributed by atoms with E-state index in [0.29, 0.717) is 17.1 Å². The molecule has 0 radical (unpaired) electrons. The molecule has 1 amide bonds. The van der Waals surface area contributed by atoms with Gasteiger partial charge in [-0.05, 0) is 55.8 Å². The molecule has 2 N–H and O–H groups in total. The number of hydrogen-bond acceptors (Lipinski definition) is 4. The molecule has 126 valence electrons. The number of nitrogens with one attached hydrogen (secondary N) is 2. The molecule has 0 fully saturated rings. The third-order valence-electron chi connectivity index (χ3n) is 3.60. The average Bonchev–Trinajstić information content (AvgIpc) is 2.51. The Morgan fingerprint density at radius 1 is 1.21 bits per heavy atom. The molecular weight excluding hydrogens is 396 g/mol. The van der Waals surface area contributed by atoms with Crippen molar-refractivity contribution in [1.82, 2.24) is 0 Å². The maximum atomic E-state index is 12.6. The van der Waals surface area contributed by atoms with Gasteiger partial charge < -0.3 is 10.1 Å². The second-order valence-corrected chi connectivity index (χ2v) is 8.01. The smallest absolute Gasteiger partial charge is 0.265 e. The lowest BCUT2D eigenvalue weighted by Crippen LogP contribution is -2.34. The predicted octanol–water partition coefficient (Wildman–Crippen LogP) is 3.28. The SMILES string of the molecule is Cc1cc(NS(=O)(=O)c2ccc3c(c2)NC(=O)C(C)O3)ccc1Br. The van der Waals surface area contributed by atoms with Crippen molar-refractivity contribution in [3.63, 3.8) is 0 Å². The normalized spacial score (nSPS) is 16.8. The molecule has 1 atom stereocenters. The van der Waals surface area contributed by atoms with Crippen LogP contribution in [0.15, 0.2) is 45.8 Å². The first-order chi connectivity index (χ1) is 11.3. The molecule has 24 heavy (non-hydrogen) atoms. The Morgan fingerprint density at radius 3 is 2.67 bits per heavy atom. The van der Waals surface area contributed by atoms with Crippen molar-refractivity contribution in [2.45, 2.75) is 24.8 Å². The summed E-state index contributed by atoms with van der Waals surface area (Å²) in [5.74, 6) is 0.133. The van der Waals surface area contributed by atoms with Crippen LogP contribution < -0.4 is 14.8 Å². The minimum Gasteiger partial charge on any atom is -0.479 e. The number of benzene rings is 2. The molecule has 0 aliphatic carbocycles. The van der Waals surface area contributed by atoms with Gasteiger partial charge in [0.2, 0.25) is 0 Å². The summed E-state index contributed by atoms with van der Waals surface area (Å²) in [6, 6.07) is 9.53. The summed E-state index contributed by atoms with van der Waals surface area (Å²) in [4.78, 5) is 11.7. The molecule has 2 aromatic carbocycles. The Bertz CT molecular complexity index is 928. The van der Waals surface area contributed by atoms with E-state index in [4.69, 9.17) is 4.74 Å². The van der Waals surface area contributed by atoms with Gasteiger partial charge in [0.15, 0.2) is 6.10 Å². The Morgan fingerprint density at radius 2 is 1.96 bits per heavy atom. The molecule has 2 aromatic rings. The standard InChI is InChI=1S/C16H15BrN2O4S/c1-9-7-11(3-5-13(9)17)19-24(21,22)12-4-6-15-14(8-12)18-16(20)10(2)23-15/h3-8,10,19H,1-2H3,(H,18,20). The minimum absolute atomic E-state index is 0.0419. The molecule has 1 heterocycles. The molecule has 0 aromatic heterocycles. The van der Waals surface area contributed by atoms with E-state index < -0.39 is 16.1 Å². The van der Waals surface area contributed by atoms with Crippen molar-refractivity contribution < 1.29 is 17.9 Å². The number of anilines is 2. The van der Waals surface area contributed by atoms with Crippen LogP contribution in [0.2, 0.25) is 0 Å². The van der Waals surface area contributed by atoms with E-state index in [1.807, 2.05) is 6.92 Å². The van der Waals surface area contributed by atoms with Crippen molar-refractivity contribution in [2.75, 3.05) is 10.0 Å². The highest BCUT2D eigenvalue weighted by atomic mass is 79.9. The van der Waals surface area contributed by atoms with Gasteiger partial charge in [-0.1, -0.05) is 15.9 Å². The fourth-order valence-electron chi connectivity index (χ4n) is 2.28. The van der Waals surface area contributed by atoms with Gasteiger partial charge >= 0.3 is 0 Å². The minimum atomic E-state index is -3.78. The van der Waals surface area contributed by atoms with Crippen LogP contribution in [0.5, 0.6) is 5.75 Å². The van der Waals surface area contributed by atoms with Crippen molar-refractivity contribution >= 4 is 43.2 Å². The van der Waals surface area contributed by atoms with Gasteiger partial charge in [-0.2, -0.15) is 0 Å². The molecular formula is C16H15BrN2O4S. The largest absolute Gasteiger partial charge is 0.479 e. The Labute approximate surface area is 148 Å². The van der Waals surface area contributed by atoms with Crippen LogP contribution in [0.3, 0.4) is 0 Å². The van der Waals surface area contributed by atoms with Gasteiger partial charge in [0.1, 0.15) is 5.75 Å². The Balaban J connectivity index is 1.91. The summed E-state index contributed by atoms with van der Waals surface area (Å²) < 4.78 is 34.0. The maximum absolute atomic E-state index is 12.6. The number of halogens is 1. The van der Waals surface area contributed by atoms with E-state index in [-0.39, 0.29) is 10.8 Å². The number of carbonyl (C=O) groups is 1. The molecule has 0 spiro atoms. The van der Waals surface area contributed by atoms with Gasteiger partial charge in [0, 0.05) is 10.2 Å². The first-order valence-electron chi connectivity index (χ1n) is 7.17. The summed E-state index contributed by atoms with van der Waals surface area (Å²) in [6.07, 6.45) is -0.608. The number of aryl methyl sites for hydroxylation is 1. The van der Waals surface area contributed by atoms with E-state index in [0.717, 1.165) is 10.0 Å². The van der Waals surface area contributed by atoms with Gasteiger partial charge in [-0.25, -0.2) is 8.42 Å². The molecule has 1 unspecified atom stereocenters. The summed E-state index contributed by atoms with van der Waals surface area (Å²) in [5, 5.41) is 2.64. The summed E-state index contributed by atoms with van der Waals surface area (Å²) >= 11 is 3.37. The zero-order valence-corrected chi connectivity index (χ0v) is 15.4. The molecule has 1 aliphatic heterocycles. The monoisotopic (exact) mass is 410 g/mol. The Hall–Kier alpha value is -2.06. The molecule has 0 saturated heterocycles. The van der Waals surface area contributed by atoms with E-state index in [1.165, 1.54) is 18.2 Å². The van der Waals surface area contributed by atoms with Crippen LogP contribution in [0.1, 0.15) is 12.5 Å². The van der Waals surface area contributed by atoms with E-state index in [1.54, 1.807) is 25.1 Å². The number of sulfonamides is 1. The topological polar surface area (TPSA) is 84.5 Å². The van der Waals surface area contributed by atoms with Gasteiger partial charge in [0.05, 0.1) is 10.6 Å². The zero-order valence-electron chi connectivity index (χ0n) is 13.0. The van der Waals surface area contributed by atoms with E-state index in [9.17, 15) is 13.2 Å². The van der Waals surface area contributed by atoms with Crippen LogP contribution in [0.25, 0.3) is 0 Å². The number of ether oxygens (including phenoxy) is 1. The number of carbonyl (C=O) groups excluding carboxylic acids is 1. The highest BCUT2D eigenvalue weighted by Crippen LogP contribution is 2.32. The number of amides is 1. The second kappa shape index (κ2) is 6.10. The lowest BCUT2D eigenvalue weighted by Gasteiger charge is -2.23. The molecule has 3 rings (SSSR count). The highest BCUT2D eigenvalue weighted by molar-refractivity contribution is 9.10. The fraction of sp³-hybridized carbons (Fsp3) is 0.188. The van der Waals surface area contributed by atoms with E-state index >= 15 is 0 Å². The third kappa shape index (κ3) is 3.25. The third-order valence-corrected chi connectivity index (χ3v) is 5.87. The van der Waals surface area contributed by atoms with Crippen molar-refractivity contribution in [3.05, 3.63) is 46.4 Å². The number of rotatable bonds is 3. The van der Waals surface area contributed by atoms with Crippen LogP contribution >= 0.6 is 15.9 Å². The van der Waals surface area contributed by atoms with Crippen LogP contribution in [0, 0.1) is 6.92 Å². The molecule has 1 aliphatic rings. The fourth-order valence-corrected chi connectivity index (χ4v) is 3.60. The lowest BCUT2D eigenvalue weighted by atomic mass is 10.2. The quantitative estimate of drug-likeness (QED) is 0.812. The predicted molar refractivity (Wildman–Crippen MR) is 94.8 cm³/mol. The van der Waals surface area contributed by atoms with Crippen LogP contribution in [-0.4, -0.2) is 20.4 Å². The first-order valence-corrected chi connectivity index (χ1v) is 9.44. The van der Waals surface area contributed by atoms with Crippen molar-refractivity contribution in [2.24, 2.45) is 0 Å². The van der Waals surface area contributed by atoms with Gasteiger partial charge in [0.25, 0.3) is 15.9 Å². The van der Waals surface area contributed by atoms with Crippen molar-refractivity contribution in [3.8, 4) is 5.75 Å². The summed E-state index contributed by atoms with van der Waals surface area (Å²) in [7, 11) is -3.78. The zero-order chi connectivity index (χ0) is 17.5. The molecule has 6 nitrogen and oxygen atoms in total. The molecule has 8 heteroatoms. The van der Waals surface area contributed by atoms with Gasteiger partial charge in [-0.15, -0.1) is 0 Å². The number of fused-ring (bicyclic) bond motifs is 1. The van der Waals surface area contributed by atoms with E-state index in [2.05, 4.69) is 26.0 Å². The average molecular weight is 411 g/mol. The lowest BCUT2D eigenvalue weighted by molar-refractivity contribution is -0.122.